The van der Waals surface area contributed by atoms with E-state index in [2.05, 4.69) is 9.47 Å². The lowest BCUT2D eigenvalue weighted by Crippen LogP contribution is -2.09. The number of carbonyl (C=O) groups is 2. The molecule has 0 aromatic heterocycles. The summed E-state index contributed by atoms with van der Waals surface area (Å²) in [4.78, 5) is 21.7. The predicted molar refractivity (Wildman–Crippen MR) is 56.9 cm³/mol. The van der Waals surface area contributed by atoms with Gasteiger partial charge in [-0.3, -0.25) is 0 Å². The Balaban J connectivity index is 2.86. The number of hydrogen-bond donors (Lipinski definition) is 1. The number of ether oxygens (including phenoxy) is 4. The molecule has 1 aromatic rings. The maximum atomic E-state index is 10.9. The van der Waals surface area contributed by atoms with E-state index in [-0.39, 0.29) is 17.2 Å². The Kier molecular flexibility index (Phi) is 4.15. The molecular formula is C10H11NO6. The van der Waals surface area contributed by atoms with Gasteiger partial charge < -0.3 is 24.7 Å². The van der Waals surface area contributed by atoms with Crippen LogP contribution in [0.15, 0.2) is 18.2 Å². The monoisotopic (exact) mass is 241 g/mol. The highest BCUT2D eigenvalue weighted by atomic mass is 16.7. The molecule has 1 rings (SSSR count). The van der Waals surface area contributed by atoms with E-state index in [0.29, 0.717) is 0 Å². The summed E-state index contributed by atoms with van der Waals surface area (Å²) in [6.07, 6.45) is -1.81. The SMILES string of the molecule is COC(=O)Oc1cc(N)cc(OC(=O)OC)c1. The summed E-state index contributed by atoms with van der Waals surface area (Å²) >= 11 is 0. The van der Waals surface area contributed by atoms with Gasteiger partial charge in [0.25, 0.3) is 0 Å². The number of anilines is 1. The molecule has 0 saturated heterocycles. The molecule has 0 radical (unpaired) electrons. The Morgan fingerprint density at radius 2 is 1.35 bits per heavy atom. The summed E-state index contributed by atoms with van der Waals surface area (Å²) in [5.41, 5.74) is 5.78. The first-order chi connectivity index (χ1) is 8.05. The minimum Gasteiger partial charge on any atom is -0.437 e. The van der Waals surface area contributed by atoms with Crippen LogP contribution in [-0.4, -0.2) is 26.5 Å². The van der Waals surface area contributed by atoms with E-state index in [0.717, 1.165) is 0 Å². The van der Waals surface area contributed by atoms with Gasteiger partial charge in [0.1, 0.15) is 11.5 Å². The molecule has 0 aliphatic carbocycles. The van der Waals surface area contributed by atoms with Crippen molar-refractivity contribution in [3.63, 3.8) is 0 Å². The van der Waals surface area contributed by atoms with Gasteiger partial charge in [-0.1, -0.05) is 0 Å². The molecule has 0 unspecified atom stereocenters. The van der Waals surface area contributed by atoms with Gasteiger partial charge in [-0.2, -0.15) is 0 Å². The average molecular weight is 241 g/mol. The van der Waals surface area contributed by atoms with Crippen LogP contribution in [0.1, 0.15) is 0 Å². The topological polar surface area (TPSA) is 97.1 Å². The number of rotatable bonds is 2. The Morgan fingerprint density at radius 3 is 1.71 bits per heavy atom. The van der Waals surface area contributed by atoms with Gasteiger partial charge in [-0.25, -0.2) is 9.59 Å². The third-order valence-electron chi connectivity index (χ3n) is 1.64. The first kappa shape index (κ1) is 12.6. The summed E-state index contributed by atoms with van der Waals surface area (Å²) in [5.74, 6) is 0.187. The van der Waals surface area contributed by atoms with Crippen molar-refractivity contribution in [1.29, 1.82) is 0 Å². The van der Waals surface area contributed by atoms with E-state index >= 15 is 0 Å². The van der Waals surface area contributed by atoms with Gasteiger partial charge in [0.2, 0.25) is 0 Å². The Labute approximate surface area is 97.0 Å². The number of nitrogens with two attached hydrogens (primary N) is 1. The van der Waals surface area contributed by atoms with Crippen LogP contribution in [0.4, 0.5) is 15.3 Å². The molecule has 0 amide bonds. The van der Waals surface area contributed by atoms with Gasteiger partial charge in [-0.05, 0) is 0 Å². The summed E-state index contributed by atoms with van der Waals surface area (Å²) in [7, 11) is 2.33. The van der Waals surface area contributed by atoms with E-state index in [1.165, 1.54) is 32.4 Å². The largest absolute Gasteiger partial charge is 0.513 e. The van der Waals surface area contributed by atoms with E-state index < -0.39 is 12.3 Å². The van der Waals surface area contributed by atoms with Gasteiger partial charge in [-0.15, -0.1) is 0 Å². The molecule has 0 aliphatic rings. The number of methoxy groups -OCH3 is 2. The number of nitrogen functional groups attached to an aromatic ring is 1. The lowest BCUT2D eigenvalue weighted by molar-refractivity contribution is 0.120. The molecule has 0 aliphatic heterocycles. The highest BCUT2D eigenvalue weighted by molar-refractivity contribution is 5.67. The van der Waals surface area contributed by atoms with Crippen molar-refractivity contribution < 1.29 is 28.5 Å². The van der Waals surface area contributed by atoms with Crippen LogP contribution in [0.5, 0.6) is 11.5 Å². The number of benzene rings is 1. The lowest BCUT2D eigenvalue weighted by atomic mass is 10.3. The van der Waals surface area contributed by atoms with E-state index in [1.54, 1.807) is 0 Å². The fourth-order valence-electron chi connectivity index (χ4n) is 0.987. The molecule has 0 spiro atoms. The summed E-state index contributed by atoms with van der Waals surface area (Å²) in [5, 5.41) is 0. The molecule has 2 N–H and O–H groups in total. The number of carbonyl (C=O) groups excluding carboxylic acids is 2. The minimum absolute atomic E-state index is 0.0933. The zero-order valence-electron chi connectivity index (χ0n) is 9.26. The standard InChI is InChI=1S/C10H11NO6/c1-14-9(12)16-7-3-6(11)4-8(5-7)17-10(13)15-2/h3-5H,11H2,1-2H3. The van der Waals surface area contributed by atoms with Crippen molar-refractivity contribution in [3.05, 3.63) is 18.2 Å². The first-order valence-electron chi connectivity index (χ1n) is 4.47. The molecule has 0 bridgehead atoms. The normalized spacial score (nSPS) is 9.29. The predicted octanol–water partition coefficient (Wildman–Crippen LogP) is 1.56. The smallest absolute Gasteiger partial charge is 0.437 e. The van der Waals surface area contributed by atoms with E-state index in [4.69, 9.17) is 15.2 Å². The van der Waals surface area contributed by atoms with Crippen molar-refractivity contribution >= 4 is 18.0 Å². The molecule has 92 valence electrons. The van der Waals surface area contributed by atoms with Crippen LogP contribution >= 0.6 is 0 Å². The van der Waals surface area contributed by atoms with Gasteiger partial charge >= 0.3 is 12.3 Å². The summed E-state index contributed by atoms with van der Waals surface area (Å²) in [6.45, 7) is 0. The van der Waals surface area contributed by atoms with Crippen LogP contribution in [0, 0.1) is 0 Å². The Bertz CT molecular complexity index is 395. The van der Waals surface area contributed by atoms with Crippen molar-refractivity contribution in [2.45, 2.75) is 0 Å². The average Bonchev–Trinajstić information content (AvgIpc) is 2.27. The minimum atomic E-state index is -0.903. The molecule has 0 fully saturated rings. The third-order valence-corrected chi connectivity index (χ3v) is 1.64. The van der Waals surface area contributed by atoms with Crippen molar-refractivity contribution in [1.82, 2.24) is 0 Å². The Hall–Kier alpha value is -2.44. The van der Waals surface area contributed by atoms with Crippen LogP contribution < -0.4 is 15.2 Å². The van der Waals surface area contributed by atoms with Crippen molar-refractivity contribution in [3.8, 4) is 11.5 Å². The Morgan fingerprint density at radius 1 is 0.941 bits per heavy atom. The van der Waals surface area contributed by atoms with Crippen LogP contribution in [0.25, 0.3) is 0 Å². The molecule has 7 nitrogen and oxygen atoms in total. The van der Waals surface area contributed by atoms with E-state index in [9.17, 15) is 9.59 Å². The zero-order chi connectivity index (χ0) is 12.8. The van der Waals surface area contributed by atoms with Gasteiger partial charge in [0, 0.05) is 23.9 Å². The summed E-state index contributed by atoms with van der Waals surface area (Å²) < 4.78 is 18.1. The first-order valence-corrected chi connectivity index (χ1v) is 4.47. The fraction of sp³-hybridized carbons (Fsp3) is 0.200. The number of hydrogen-bond acceptors (Lipinski definition) is 7. The molecule has 0 saturated carbocycles. The van der Waals surface area contributed by atoms with Crippen LogP contribution in [0.2, 0.25) is 0 Å². The molecule has 17 heavy (non-hydrogen) atoms. The highest BCUT2D eigenvalue weighted by Gasteiger charge is 2.09. The maximum absolute atomic E-state index is 10.9. The third kappa shape index (κ3) is 3.90. The van der Waals surface area contributed by atoms with Gasteiger partial charge in [0.15, 0.2) is 0 Å². The fourth-order valence-corrected chi connectivity index (χ4v) is 0.987. The molecular weight excluding hydrogens is 230 g/mol. The van der Waals surface area contributed by atoms with E-state index in [1.807, 2.05) is 0 Å². The van der Waals surface area contributed by atoms with Crippen LogP contribution in [0.3, 0.4) is 0 Å². The second kappa shape index (κ2) is 5.59. The molecule has 0 heterocycles. The second-order valence-electron chi connectivity index (χ2n) is 2.85. The highest BCUT2D eigenvalue weighted by Crippen LogP contribution is 2.25. The quantitative estimate of drug-likeness (QED) is 0.476. The lowest BCUT2D eigenvalue weighted by Gasteiger charge is -2.07. The second-order valence-corrected chi connectivity index (χ2v) is 2.85. The molecule has 7 heteroatoms. The van der Waals surface area contributed by atoms with Crippen LogP contribution in [-0.2, 0) is 9.47 Å². The molecule has 1 aromatic carbocycles. The van der Waals surface area contributed by atoms with Crippen molar-refractivity contribution in [2.24, 2.45) is 0 Å². The van der Waals surface area contributed by atoms with Crippen molar-refractivity contribution in [2.75, 3.05) is 20.0 Å². The van der Waals surface area contributed by atoms with Gasteiger partial charge in [0.05, 0.1) is 14.2 Å². The summed E-state index contributed by atoms with van der Waals surface area (Å²) in [6, 6.07) is 4.05. The zero-order valence-corrected chi connectivity index (χ0v) is 9.26. The molecule has 0 atom stereocenters. The maximum Gasteiger partial charge on any atom is 0.513 e.